The smallest absolute Gasteiger partial charge is 0.146 e. The van der Waals surface area contributed by atoms with E-state index in [-0.39, 0.29) is 16.9 Å². The molecule has 84 valence electrons. The molecule has 0 heterocycles. The van der Waals surface area contributed by atoms with Gasteiger partial charge in [-0.15, -0.1) is 0 Å². The first-order valence-electron chi connectivity index (χ1n) is 4.81. The van der Waals surface area contributed by atoms with Crippen LogP contribution >= 0.6 is 11.6 Å². The molecule has 0 radical (unpaired) electrons. The molecule has 0 bridgehead atoms. The Morgan fingerprint density at radius 3 is 2.93 bits per heavy atom. The fourth-order valence-electron chi connectivity index (χ4n) is 1.18. The lowest BCUT2D eigenvalue weighted by atomic mass is 10.2. The van der Waals surface area contributed by atoms with Gasteiger partial charge in [-0.3, -0.25) is 0 Å². The Kier molecular flexibility index (Phi) is 5.02. The Bertz CT molecular complexity index is 319. The third-order valence-electron chi connectivity index (χ3n) is 2.18. The molecule has 1 atom stereocenters. The quantitative estimate of drug-likeness (QED) is 0.841. The second kappa shape index (κ2) is 6.05. The predicted octanol–water partition coefficient (Wildman–Crippen LogP) is 2.60. The van der Waals surface area contributed by atoms with Crippen molar-refractivity contribution in [2.45, 2.75) is 19.6 Å². The third-order valence-corrected chi connectivity index (χ3v) is 2.47. The molecule has 1 aromatic carbocycles. The normalized spacial score (nSPS) is 12.8. The van der Waals surface area contributed by atoms with E-state index in [1.807, 2.05) is 6.92 Å². The van der Waals surface area contributed by atoms with Gasteiger partial charge in [0.25, 0.3) is 0 Å². The Balaban J connectivity index is 2.47. The van der Waals surface area contributed by atoms with Crippen molar-refractivity contribution in [3.8, 4) is 0 Å². The van der Waals surface area contributed by atoms with Crippen LogP contribution in [-0.4, -0.2) is 19.8 Å². The second-order valence-corrected chi connectivity index (χ2v) is 3.80. The maximum atomic E-state index is 13.4. The molecule has 4 heteroatoms. The summed E-state index contributed by atoms with van der Waals surface area (Å²) < 4.78 is 18.5. The van der Waals surface area contributed by atoms with E-state index in [0.717, 1.165) is 0 Å². The van der Waals surface area contributed by atoms with E-state index in [4.69, 9.17) is 16.3 Å². The Labute approximate surface area is 94.4 Å². The van der Waals surface area contributed by atoms with E-state index < -0.39 is 0 Å². The Hall–Kier alpha value is -0.640. The number of benzene rings is 1. The number of nitrogens with one attached hydrogen (secondary N) is 1. The highest BCUT2D eigenvalue weighted by Crippen LogP contribution is 2.17. The van der Waals surface area contributed by atoms with E-state index in [2.05, 4.69) is 5.32 Å². The molecule has 1 unspecified atom stereocenters. The molecular weight excluding hydrogens is 217 g/mol. The van der Waals surface area contributed by atoms with Gasteiger partial charge in [-0.25, -0.2) is 4.39 Å². The average Bonchev–Trinajstić information content (AvgIpc) is 2.24. The SMILES string of the molecule is COC(C)CNCc1cccc(Cl)c1F. The summed E-state index contributed by atoms with van der Waals surface area (Å²) in [5.41, 5.74) is 0.575. The van der Waals surface area contributed by atoms with Crippen LogP contribution in [0.15, 0.2) is 18.2 Å². The van der Waals surface area contributed by atoms with E-state index in [0.29, 0.717) is 18.7 Å². The molecule has 0 amide bonds. The summed E-state index contributed by atoms with van der Waals surface area (Å²) in [7, 11) is 1.65. The molecule has 0 saturated carbocycles. The van der Waals surface area contributed by atoms with Gasteiger partial charge in [-0.2, -0.15) is 0 Å². The van der Waals surface area contributed by atoms with Crippen molar-refractivity contribution in [1.82, 2.24) is 5.32 Å². The number of ether oxygens (including phenoxy) is 1. The van der Waals surface area contributed by atoms with Crippen molar-refractivity contribution < 1.29 is 9.13 Å². The molecule has 2 nitrogen and oxygen atoms in total. The molecule has 0 spiro atoms. The highest BCUT2D eigenvalue weighted by Gasteiger charge is 2.06. The van der Waals surface area contributed by atoms with E-state index in [1.165, 1.54) is 6.07 Å². The highest BCUT2D eigenvalue weighted by molar-refractivity contribution is 6.30. The maximum absolute atomic E-state index is 13.4. The van der Waals surface area contributed by atoms with Crippen LogP contribution in [-0.2, 0) is 11.3 Å². The van der Waals surface area contributed by atoms with Gasteiger partial charge >= 0.3 is 0 Å². The zero-order valence-electron chi connectivity index (χ0n) is 8.89. The van der Waals surface area contributed by atoms with Gasteiger partial charge in [-0.05, 0) is 13.0 Å². The summed E-state index contributed by atoms with van der Waals surface area (Å²) >= 11 is 5.66. The molecule has 15 heavy (non-hydrogen) atoms. The van der Waals surface area contributed by atoms with Gasteiger partial charge in [0.05, 0.1) is 11.1 Å². The van der Waals surface area contributed by atoms with E-state index in [1.54, 1.807) is 19.2 Å². The van der Waals surface area contributed by atoms with Crippen molar-refractivity contribution >= 4 is 11.6 Å². The molecule has 0 aromatic heterocycles. The molecule has 0 saturated heterocycles. The molecule has 0 aliphatic rings. The van der Waals surface area contributed by atoms with E-state index >= 15 is 0 Å². The molecule has 0 aliphatic heterocycles. The Morgan fingerprint density at radius 1 is 1.53 bits per heavy atom. The molecule has 1 rings (SSSR count). The summed E-state index contributed by atoms with van der Waals surface area (Å²) in [4.78, 5) is 0. The first-order chi connectivity index (χ1) is 7.15. The van der Waals surface area contributed by atoms with Crippen LogP contribution in [0.4, 0.5) is 4.39 Å². The third kappa shape index (κ3) is 3.78. The summed E-state index contributed by atoms with van der Waals surface area (Å²) in [6.45, 7) is 3.09. The van der Waals surface area contributed by atoms with Crippen LogP contribution in [0.25, 0.3) is 0 Å². The average molecular weight is 232 g/mol. The van der Waals surface area contributed by atoms with Gasteiger partial charge in [-0.1, -0.05) is 23.7 Å². The number of rotatable bonds is 5. The molecule has 1 N–H and O–H groups in total. The Morgan fingerprint density at radius 2 is 2.27 bits per heavy atom. The zero-order valence-corrected chi connectivity index (χ0v) is 9.64. The van der Waals surface area contributed by atoms with Gasteiger partial charge in [0.2, 0.25) is 0 Å². The van der Waals surface area contributed by atoms with Crippen molar-refractivity contribution in [2.75, 3.05) is 13.7 Å². The second-order valence-electron chi connectivity index (χ2n) is 3.39. The van der Waals surface area contributed by atoms with Crippen LogP contribution in [0.2, 0.25) is 5.02 Å². The van der Waals surface area contributed by atoms with Crippen LogP contribution < -0.4 is 5.32 Å². The van der Waals surface area contributed by atoms with Crippen LogP contribution in [0.1, 0.15) is 12.5 Å². The lowest BCUT2D eigenvalue weighted by molar-refractivity contribution is 0.117. The standard InChI is InChI=1S/C11H15ClFNO/c1-8(15-2)6-14-7-9-4-3-5-10(12)11(9)13/h3-5,8,14H,6-7H2,1-2H3. The highest BCUT2D eigenvalue weighted by atomic mass is 35.5. The lowest BCUT2D eigenvalue weighted by Crippen LogP contribution is -2.25. The minimum Gasteiger partial charge on any atom is -0.380 e. The number of hydrogen-bond donors (Lipinski definition) is 1. The number of halogens is 2. The largest absolute Gasteiger partial charge is 0.380 e. The first kappa shape index (κ1) is 12.4. The summed E-state index contributed by atoms with van der Waals surface area (Å²) in [5, 5.41) is 3.26. The van der Waals surface area contributed by atoms with Crippen molar-refractivity contribution in [1.29, 1.82) is 0 Å². The minimum absolute atomic E-state index is 0.118. The van der Waals surface area contributed by atoms with Crippen LogP contribution in [0.3, 0.4) is 0 Å². The first-order valence-corrected chi connectivity index (χ1v) is 5.19. The zero-order chi connectivity index (χ0) is 11.3. The van der Waals surface area contributed by atoms with Crippen molar-refractivity contribution in [3.05, 3.63) is 34.6 Å². The lowest BCUT2D eigenvalue weighted by Gasteiger charge is -2.11. The topological polar surface area (TPSA) is 21.3 Å². The summed E-state index contributed by atoms with van der Waals surface area (Å²) in [6.07, 6.45) is 0.118. The number of hydrogen-bond acceptors (Lipinski definition) is 2. The minimum atomic E-state index is -0.350. The predicted molar refractivity (Wildman–Crippen MR) is 59.6 cm³/mol. The van der Waals surface area contributed by atoms with Crippen molar-refractivity contribution in [2.24, 2.45) is 0 Å². The monoisotopic (exact) mass is 231 g/mol. The van der Waals surface area contributed by atoms with Crippen LogP contribution in [0.5, 0.6) is 0 Å². The number of methoxy groups -OCH3 is 1. The van der Waals surface area contributed by atoms with Gasteiger partial charge in [0, 0.05) is 25.8 Å². The fraction of sp³-hybridized carbons (Fsp3) is 0.455. The molecule has 0 aliphatic carbocycles. The fourth-order valence-corrected chi connectivity index (χ4v) is 1.37. The van der Waals surface area contributed by atoms with Gasteiger partial charge in [0.1, 0.15) is 5.82 Å². The van der Waals surface area contributed by atoms with Crippen LogP contribution in [0, 0.1) is 5.82 Å². The van der Waals surface area contributed by atoms with E-state index in [9.17, 15) is 4.39 Å². The molecular formula is C11H15ClFNO. The molecule has 0 fully saturated rings. The molecule has 1 aromatic rings. The van der Waals surface area contributed by atoms with Gasteiger partial charge in [0.15, 0.2) is 0 Å². The summed E-state index contributed by atoms with van der Waals surface area (Å²) in [5.74, 6) is -0.350. The van der Waals surface area contributed by atoms with Gasteiger partial charge < -0.3 is 10.1 Å². The maximum Gasteiger partial charge on any atom is 0.146 e. The summed E-state index contributed by atoms with van der Waals surface area (Å²) in [6, 6.07) is 4.99. The van der Waals surface area contributed by atoms with Crippen molar-refractivity contribution in [3.63, 3.8) is 0 Å².